The summed E-state index contributed by atoms with van der Waals surface area (Å²) in [5.41, 5.74) is 5.49. The number of amides is 1. The number of hydrogen-bond donors (Lipinski definition) is 1. The van der Waals surface area contributed by atoms with Crippen molar-refractivity contribution in [3.63, 3.8) is 0 Å². The van der Waals surface area contributed by atoms with Crippen LogP contribution < -0.4 is 10.1 Å². The first-order valence-electron chi connectivity index (χ1n) is 10.7. The standard InChI is InChI=1S/C24H25N5O2S/c1-28-22(14-20(26-28)18-5-3-4-6-23(18)31-2)24(30)25-10-11-29-21(16-7-8-16)13-19(27-29)17-9-12-32-15-17/h3-6,9,12-16H,7-8,10-11H2,1-2H3,(H,25,30). The van der Waals surface area contributed by atoms with Gasteiger partial charge in [-0.2, -0.15) is 21.5 Å². The van der Waals surface area contributed by atoms with Crippen molar-refractivity contribution < 1.29 is 9.53 Å². The maximum absolute atomic E-state index is 12.8. The number of benzene rings is 1. The highest BCUT2D eigenvalue weighted by atomic mass is 32.1. The third kappa shape index (κ3) is 4.05. The summed E-state index contributed by atoms with van der Waals surface area (Å²) in [5.74, 6) is 1.16. The second kappa shape index (κ2) is 8.63. The van der Waals surface area contributed by atoms with Gasteiger partial charge in [-0.05, 0) is 48.6 Å². The average Bonchev–Trinajstić information content (AvgIpc) is 3.18. The molecule has 32 heavy (non-hydrogen) atoms. The van der Waals surface area contributed by atoms with Crippen molar-refractivity contribution in [2.45, 2.75) is 25.3 Å². The van der Waals surface area contributed by atoms with Crippen LogP contribution in [0.25, 0.3) is 22.5 Å². The lowest BCUT2D eigenvalue weighted by atomic mass is 10.1. The molecular weight excluding hydrogens is 422 g/mol. The first kappa shape index (κ1) is 20.5. The van der Waals surface area contributed by atoms with Crippen molar-refractivity contribution >= 4 is 17.2 Å². The van der Waals surface area contributed by atoms with Crippen molar-refractivity contribution in [1.29, 1.82) is 0 Å². The average molecular weight is 448 g/mol. The fraction of sp³-hybridized carbons (Fsp3) is 0.292. The van der Waals surface area contributed by atoms with Crippen molar-refractivity contribution in [2.75, 3.05) is 13.7 Å². The second-order valence-electron chi connectivity index (χ2n) is 7.96. The highest BCUT2D eigenvalue weighted by molar-refractivity contribution is 7.08. The van der Waals surface area contributed by atoms with E-state index in [9.17, 15) is 4.79 Å². The molecule has 1 saturated carbocycles. The number of hydrogen-bond acceptors (Lipinski definition) is 5. The fourth-order valence-electron chi connectivity index (χ4n) is 3.90. The van der Waals surface area contributed by atoms with Crippen LogP contribution in [-0.4, -0.2) is 39.1 Å². The minimum Gasteiger partial charge on any atom is -0.496 e. The lowest BCUT2D eigenvalue weighted by Crippen LogP contribution is -2.29. The fourth-order valence-corrected chi connectivity index (χ4v) is 4.55. The minimum atomic E-state index is -0.153. The van der Waals surface area contributed by atoms with Crippen LogP contribution in [0.15, 0.2) is 53.2 Å². The molecule has 0 bridgehead atoms. The van der Waals surface area contributed by atoms with E-state index in [4.69, 9.17) is 9.84 Å². The van der Waals surface area contributed by atoms with Gasteiger partial charge in [0.2, 0.25) is 0 Å². The zero-order chi connectivity index (χ0) is 22.1. The Hall–Kier alpha value is -3.39. The lowest BCUT2D eigenvalue weighted by Gasteiger charge is -2.08. The molecule has 1 aliphatic carbocycles. The van der Waals surface area contributed by atoms with Crippen LogP contribution in [0.2, 0.25) is 0 Å². The predicted octanol–water partition coefficient (Wildman–Crippen LogP) is 4.33. The predicted molar refractivity (Wildman–Crippen MR) is 125 cm³/mol. The first-order valence-corrected chi connectivity index (χ1v) is 11.6. The number of nitrogens with one attached hydrogen (secondary N) is 1. The molecule has 1 aromatic carbocycles. The highest BCUT2D eigenvalue weighted by Crippen LogP contribution is 2.41. The molecule has 0 spiro atoms. The normalized spacial score (nSPS) is 13.3. The number of para-hydroxylation sites is 1. The van der Waals surface area contributed by atoms with Gasteiger partial charge in [-0.25, -0.2) is 0 Å². The van der Waals surface area contributed by atoms with Gasteiger partial charge in [0.05, 0.1) is 25.0 Å². The smallest absolute Gasteiger partial charge is 0.269 e. The number of nitrogens with zero attached hydrogens (tertiary/aromatic N) is 4. The molecule has 0 radical (unpaired) electrons. The molecule has 4 aromatic rings. The molecule has 3 aromatic heterocycles. The largest absolute Gasteiger partial charge is 0.496 e. The SMILES string of the molecule is COc1ccccc1-c1cc(C(=O)NCCn2nc(-c3ccsc3)cc2C2CC2)n(C)n1. The molecule has 3 heterocycles. The summed E-state index contributed by atoms with van der Waals surface area (Å²) in [6.07, 6.45) is 2.42. The molecule has 5 rings (SSSR count). The third-order valence-electron chi connectivity index (χ3n) is 5.73. The Morgan fingerprint density at radius 1 is 1.19 bits per heavy atom. The van der Waals surface area contributed by atoms with Crippen LogP contribution in [0.5, 0.6) is 5.75 Å². The van der Waals surface area contributed by atoms with Crippen molar-refractivity contribution in [3.05, 3.63) is 64.6 Å². The summed E-state index contributed by atoms with van der Waals surface area (Å²) >= 11 is 1.67. The Kier molecular flexibility index (Phi) is 5.53. The van der Waals surface area contributed by atoms with Gasteiger partial charge in [-0.15, -0.1) is 0 Å². The molecule has 1 amide bonds. The summed E-state index contributed by atoms with van der Waals surface area (Å²) in [7, 11) is 3.41. The van der Waals surface area contributed by atoms with Crippen LogP contribution in [0, 0.1) is 0 Å². The Bertz CT molecular complexity index is 1240. The van der Waals surface area contributed by atoms with Crippen molar-refractivity contribution in [1.82, 2.24) is 24.9 Å². The Balaban J connectivity index is 1.28. The molecule has 164 valence electrons. The molecular formula is C24H25N5O2S. The van der Waals surface area contributed by atoms with Crippen LogP contribution in [0.4, 0.5) is 0 Å². The monoisotopic (exact) mass is 447 g/mol. The van der Waals surface area contributed by atoms with Crippen LogP contribution >= 0.6 is 11.3 Å². The number of carbonyl (C=O) groups is 1. The van der Waals surface area contributed by atoms with Crippen LogP contribution in [0.3, 0.4) is 0 Å². The number of thiophene rings is 1. The molecule has 8 heteroatoms. The molecule has 0 unspecified atom stereocenters. The number of methoxy groups -OCH3 is 1. The summed E-state index contributed by atoms with van der Waals surface area (Å²) in [6, 6.07) is 13.7. The Morgan fingerprint density at radius 3 is 2.78 bits per heavy atom. The summed E-state index contributed by atoms with van der Waals surface area (Å²) in [6.45, 7) is 1.14. The lowest BCUT2D eigenvalue weighted by molar-refractivity contribution is 0.0942. The van der Waals surface area contributed by atoms with Gasteiger partial charge in [0.1, 0.15) is 11.4 Å². The van der Waals surface area contributed by atoms with E-state index >= 15 is 0 Å². The number of aryl methyl sites for hydroxylation is 1. The molecule has 0 atom stereocenters. The molecule has 1 fully saturated rings. The van der Waals surface area contributed by atoms with E-state index in [0.717, 1.165) is 22.6 Å². The maximum Gasteiger partial charge on any atom is 0.269 e. The highest BCUT2D eigenvalue weighted by Gasteiger charge is 2.28. The number of carbonyl (C=O) groups excluding carboxylic acids is 1. The summed E-state index contributed by atoms with van der Waals surface area (Å²) < 4.78 is 9.09. The number of aromatic nitrogens is 4. The third-order valence-corrected chi connectivity index (χ3v) is 6.41. The van der Waals surface area contributed by atoms with Gasteiger partial charge in [0, 0.05) is 41.7 Å². The van der Waals surface area contributed by atoms with E-state index < -0.39 is 0 Å². The van der Waals surface area contributed by atoms with Gasteiger partial charge in [0.25, 0.3) is 5.91 Å². The second-order valence-corrected chi connectivity index (χ2v) is 8.74. The van der Waals surface area contributed by atoms with E-state index in [0.29, 0.717) is 30.4 Å². The first-order chi connectivity index (χ1) is 15.6. The zero-order valence-electron chi connectivity index (χ0n) is 18.1. The quantitative estimate of drug-likeness (QED) is 0.436. The number of rotatable bonds is 8. The molecule has 0 aliphatic heterocycles. The maximum atomic E-state index is 12.8. The van der Waals surface area contributed by atoms with E-state index in [1.165, 1.54) is 18.5 Å². The van der Waals surface area contributed by atoms with Gasteiger partial charge in [0.15, 0.2) is 0 Å². The van der Waals surface area contributed by atoms with Crippen LogP contribution in [0.1, 0.15) is 34.9 Å². The van der Waals surface area contributed by atoms with Crippen molar-refractivity contribution in [3.8, 4) is 28.3 Å². The van der Waals surface area contributed by atoms with E-state index in [1.54, 1.807) is 36.2 Å². The number of ether oxygens (including phenoxy) is 1. The Labute approximate surface area is 190 Å². The topological polar surface area (TPSA) is 74.0 Å². The van der Waals surface area contributed by atoms with Gasteiger partial charge in [-0.3, -0.25) is 14.2 Å². The van der Waals surface area contributed by atoms with Gasteiger partial charge < -0.3 is 10.1 Å². The van der Waals surface area contributed by atoms with E-state index in [1.807, 2.05) is 24.3 Å². The van der Waals surface area contributed by atoms with Crippen molar-refractivity contribution in [2.24, 2.45) is 7.05 Å². The minimum absolute atomic E-state index is 0.153. The summed E-state index contributed by atoms with van der Waals surface area (Å²) in [4.78, 5) is 12.8. The molecule has 7 nitrogen and oxygen atoms in total. The van der Waals surface area contributed by atoms with Crippen LogP contribution in [-0.2, 0) is 13.6 Å². The molecule has 1 aliphatic rings. The summed E-state index contributed by atoms with van der Waals surface area (Å²) in [5, 5.41) is 16.5. The zero-order valence-corrected chi connectivity index (χ0v) is 18.9. The van der Waals surface area contributed by atoms with E-state index in [2.05, 4.69) is 38.0 Å². The molecule has 1 N–H and O–H groups in total. The van der Waals surface area contributed by atoms with Gasteiger partial charge in [-0.1, -0.05) is 12.1 Å². The van der Waals surface area contributed by atoms with Gasteiger partial charge >= 0.3 is 0 Å². The van der Waals surface area contributed by atoms with E-state index in [-0.39, 0.29) is 5.91 Å². The molecule has 0 saturated heterocycles. The Morgan fingerprint density at radius 2 is 2.03 bits per heavy atom.